The van der Waals surface area contributed by atoms with Crippen LogP contribution >= 0.6 is 0 Å². The first-order valence-corrected chi connectivity index (χ1v) is 6.46. The fourth-order valence-corrected chi connectivity index (χ4v) is 2.32. The molecule has 4 N–H and O–H groups in total. The Kier molecular flexibility index (Phi) is 2.95. The molecule has 0 bridgehead atoms. The van der Waals surface area contributed by atoms with Crippen LogP contribution in [0.25, 0.3) is 22.0 Å². The van der Waals surface area contributed by atoms with Gasteiger partial charge in [-0.2, -0.15) is 4.98 Å². The molecule has 5 heteroatoms. The summed E-state index contributed by atoms with van der Waals surface area (Å²) in [6.45, 7) is 2.01. The second-order valence-electron chi connectivity index (χ2n) is 4.56. The topological polar surface area (TPSA) is 90.7 Å². The number of nitrogen functional groups attached to an aromatic ring is 2. The number of nitrogens with two attached hydrogens (primary N) is 2. The predicted octanol–water partition coefficient (Wildman–Crippen LogP) is 2.42. The van der Waals surface area contributed by atoms with Crippen LogP contribution in [-0.4, -0.2) is 15.0 Å². The molecule has 0 aliphatic heterocycles. The van der Waals surface area contributed by atoms with E-state index in [1.54, 1.807) is 6.20 Å². The molecule has 100 valence electrons. The van der Waals surface area contributed by atoms with Crippen molar-refractivity contribution in [2.24, 2.45) is 0 Å². The first-order valence-electron chi connectivity index (χ1n) is 6.46. The van der Waals surface area contributed by atoms with E-state index in [1.165, 1.54) is 0 Å². The molecule has 3 aromatic rings. The van der Waals surface area contributed by atoms with Crippen molar-refractivity contribution >= 4 is 22.7 Å². The minimum absolute atomic E-state index is 0.205. The maximum absolute atomic E-state index is 6.01. The number of hydrogen-bond donors (Lipinski definition) is 2. The van der Waals surface area contributed by atoms with E-state index < -0.39 is 0 Å². The Morgan fingerprint density at radius 2 is 1.90 bits per heavy atom. The molecule has 0 spiro atoms. The molecule has 20 heavy (non-hydrogen) atoms. The maximum Gasteiger partial charge on any atom is 0.222 e. The first-order chi connectivity index (χ1) is 9.69. The molecule has 0 unspecified atom stereocenters. The standard InChI is InChI=1S/C15H15N5/c1-2-11-13(14(16)20-15(17)19-11)10-7-9-5-3-4-6-12(9)18-8-10/h3-8H,2H2,1H3,(H4,16,17,19,20). The van der Waals surface area contributed by atoms with Gasteiger partial charge in [-0.15, -0.1) is 0 Å². The Morgan fingerprint density at radius 1 is 1.10 bits per heavy atom. The van der Waals surface area contributed by atoms with Gasteiger partial charge in [0.2, 0.25) is 5.95 Å². The van der Waals surface area contributed by atoms with Gasteiger partial charge in [-0.05, 0) is 18.6 Å². The molecule has 5 nitrogen and oxygen atoms in total. The second kappa shape index (κ2) is 4.77. The molecule has 1 aromatic carbocycles. The van der Waals surface area contributed by atoms with Gasteiger partial charge in [0.15, 0.2) is 0 Å². The third kappa shape index (κ3) is 2.03. The Balaban J connectivity index is 2.25. The molecule has 0 saturated carbocycles. The van der Waals surface area contributed by atoms with E-state index in [2.05, 4.69) is 15.0 Å². The summed E-state index contributed by atoms with van der Waals surface area (Å²) in [5.41, 5.74) is 15.2. The van der Waals surface area contributed by atoms with Crippen molar-refractivity contribution in [1.82, 2.24) is 15.0 Å². The Hall–Kier alpha value is -2.69. The number of aromatic nitrogens is 3. The summed E-state index contributed by atoms with van der Waals surface area (Å²) in [7, 11) is 0. The van der Waals surface area contributed by atoms with Crippen LogP contribution in [-0.2, 0) is 6.42 Å². The highest BCUT2D eigenvalue weighted by Gasteiger charge is 2.13. The molecule has 0 amide bonds. The Labute approximate surface area is 116 Å². The van der Waals surface area contributed by atoms with Crippen LogP contribution in [0.2, 0.25) is 0 Å². The van der Waals surface area contributed by atoms with Gasteiger partial charge < -0.3 is 11.5 Å². The Morgan fingerprint density at radius 3 is 2.70 bits per heavy atom. The van der Waals surface area contributed by atoms with Gasteiger partial charge in [0.25, 0.3) is 0 Å². The zero-order valence-electron chi connectivity index (χ0n) is 11.2. The number of benzene rings is 1. The van der Waals surface area contributed by atoms with Gasteiger partial charge in [-0.25, -0.2) is 4.98 Å². The van der Waals surface area contributed by atoms with Crippen molar-refractivity contribution in [1.29, 1.82) is 0 Å². The second-order valence-corrected chi connectivity index (χ2v) is 4.56. The molecular weight excluding hydrogens is 250 g/mol. The fourth-order valence-electron chi connectivity index (χ4n) is 2.32. The lowest BCUT2D eigenvalue weighted by Gasteiger charge is -2.11. The van der Waals surface area contributed by atoms with Crippen LogP contribution < -0.4 is 11.5 Å². The van der Waals surface area contributed by atoms with Crippen molar-refractivity contribution in [3.8, 4) is 11.1 Å². The molecule has 2 heterocycles. The van der Waals surface area contributed by atoms with E-state index in [0.29, 0.717) is 5.82 Å². The van der Waals surface area contributed by atoms with Gasteiger partial charge in [-0.1, -0.05) is 25.1 Å². The third-order valence-corrected chi connectivity index (χ3v) is 3.24. The monoisotopic (exact) mass is 265 g/mol. The molecule has 2 aromatic heterocycles. The highest BCUT2D eigenvalue weighted by molar-refractivity contribution is 5.86. The van der Waals surface area contributed by atoms with Crippen LogP contribution in [0.5, 0.6) is 0 Å². The van der Waals surface area contributed by atoms with E-state index in [1.807, 2.05) is 37.3 Å². The summed E-state index contributed by atoms with van der Waals surface area (Å²) in [6, 6.07) is 9.99. The molecule has 0 atom stereocenters. The molecule has 0 fully saturated rings. The largest absolute Gasteiger partial charge is 0.383 e. The third-order valence-electron chi connectivity index (χ3n) is 3.24. The van der Waals surface area contributed by atoms with Crippen LogP contribution in [0.3, 0.4) is 0 Å². The SMILES string of the molecule is CCc1nc(N)nc(N)c1-c1cnc2ccccc2c1. The van der Waals surface area contributed by atoms with Crippen LogP contribution in [0.4, 0.5) is 11.8 Å². The molecule has 0 aliphatic carbocycles. The van der Waals surface area contributed by atoms with Crippen LogP contribution in [0.1, 0.15) is 12.6 Å². The smallest absolute Gasteiger partial charge is 0.222 e. The number of para-hydroxylation sites is 1. The highest BCUT2D eigenvalue weighted by atomic mass is 15.0. The lowest BCUT2D eigenvalue weighted by atomic mass is 10.0. The zero-order valence-corrected chi connectivity index (χ0v) is 11.2. The van der Waals surface area contributed by atoms with Crippen LogP contribution in [0.15, 0.2) is 36.5 Å². The molecule has 0 saturated heterocycles. The van der Waals surface area contributed by atoms with Gasteiger partial charge in [-0.3, -0.25) is 4.98 Å². The average molecular weight is 265 g/mol. The van der Waals surface area contributed by atoms with Crippen molar-refractivity contribution < 1.29 is 0 Å². The van der Waals surface area contributed by atoms with Crippen molar-refractivity contribution in [2.45, 2.75) is 13.3 Å². The number of aryl methyl sites for hydroxylation is 1. The van der Waals surface area contributed by atoms with E-state index in [-0.39, 0.29) is 5.95 Å². The fraction of sp³-hybridized carbons (Fsp3) is 0.133. The quantitative estimate of drug-likeness (QED) is 0.742. The van der Waals surface area contributed by atoms with E-state index in [9.17, 15) is 0 Å². The van der Waals surface area contributed by atoms with E-state index in [4.69, 9.17) is 11.5 Å². The van der Waals surface area contributed by atoms with Crippen molar-refractivity contribution in [3.05, 3.63) is 42.2 Å². The van der Waals surface area contributed by atoms with Gasteiger partial charge in [0.1, 0.15) is 5.82 Å². The number of rotatable bonds is 2. The molecular formula is C15H15N5. The molecule has 0 aliphatic rings. The normalized spacial score (nSPS) is 10.8. The van der Waals surface area contributed by atoms with E-state index in [0.717, 1.165) is 34.1 Å². The minimum Gasteiger partial charge on any atom is -0.383 e. The van der Waals surface area contributed by atoms with Gasteiger partial charge >= 0.3 is 0 Å². The summed E-state index contributed by atoms with van der Waals surface area (Å²) in [5, 5.41) is 1.06. The van der Waals surface area contributed by atoms with Gasteiger partial charge in [0, 0.05) is 22.7 Å². The van der Waals surface area contributed by atoms with Crippen molar-refractivity contribution in [3.63, 3.8) is 0 Å². The maximum atomic E-state index is 6.01. The summed E-state index contributed by atoms with van der Waals surface area (Å²) >= 11 is 0. The molecule has 0 radical (unpaired) electrons. The lowest BCUT2D eigenvalue weighted by molar-refractivity contribution is 1.02. The number of hydrogen-bond acceptors (Lipinski definition) is 5. The minimum atomic E-state index is 0.205. The number of fused-ring (bicyclic) bond motifs is 1. The summed E-state index contributed by atoms with van der Waals surface area (Å²) in [4.78, 5) is 12.8. The Bertz CT molecular complexity index is 782. The highest BCUT2D eigenvalue weighted by Crippen LogP contribution is 2.29. The summed E-state index contributed by atoms with van der Waals surface area (Å²) in [5.74, 6) is 0.600. The summed E-state index contributed by atoms with van der Waals surface area (Å²) < 4.78 is 0. The number of pyridine rings is 1. The average Bonchev–Trinajstić information content (AvgIpc) is 2.46. The van der Waals surface area contributed by atoms with Crippen molar-refractivity contribution in [2.75, 3.05) is 11.5 Å². The summed E-state index contributed by atoms with van der Waals surface area (Å²) in [6.07, 6.45) is 2.53. The number of nitrogens with zero attached hydrogens (tertiary/aromatic N) is 3. The predicted molar refractivity (Wildman–Crippen MR) is 81.0 cm³/mol. The van der Waals surface area contributed by atoms with Crippen LogP contribution in [0, 0.1) is 0 Å². The van der Waals surface area contributed by atoms with E-state index >= 15 is 0 Å². The number of anilines is 2. The lowest BCUT2D eigenvalue weighted by Crippen LogP contribution is -2.06. The first kappa shape index (κ1) is 12.3. The zero-order chi connectivity index (χ0) is 14.1. The van der Waals surface area contributed by atoms with Gasteiger partial charge in [0.05, 0.1) is 11.2 Å². The molecule has 3 rings (SSSR count).